The normalized spacial score (nSPS) is 7.79. The number of hydrogen-bond acceptors (Lipinski definition) is 5. The SMILES string of the molecule is COc1cc(NN)ccc1F.Cl.NN. The molecule has 0 amide bonds. The quantitative estimate of drug-likeness (QED) is 0.430. The molecule has 14 heavy (non-hydrogen) atoms. The van der Waals surface area contributed by atoms with Crippen LogP contribution in [-0.4, -0.2) is 7.11 Å². The van der Waals surface area contributed by atoms with Gasteiger partial charge < -0.3 is 10.2 Å². The molecule has 0 aliphatic heterocycles. The molecule has 0 spiro atoms. The van der Waals surface area contributed by atoms with Gasteiger partial charge >= 0.3 is 0 Å². The summed E-state index contributed by atoms with van der Waals surface area (Å²) in [5.74, 6) is 12.9. The monoisotopic (exact) mass is 224 g/mol. The fourth-order valence-electron chi connectivity index (χ4n) is 0.750. The van der Waals surface area contributed by atoms with Crippen LogP contribution in [0.1, 0.15) is 0 Å². The molecule has 0 bridgehead atoms. The molecule has 0 fully saturated rings. The lowest BCUT2D eigenvalue weighted by atomic mass is 10.3. The highest BCUT2D eigenvalue weighted by atomic mass is 35.5. The van der Waals surface area contributed by atoms with Crippen LogP contribution in [0, 0.1) is 5.82 Å². The van der Waals surface area contributed by atoms with E-state index in [1.165, 1.54) is 25.3 Å². The number of nitrogens with one attached hydrogen (secondary N) is 1. The Bertz CT molecular complexity index is 261. The van der Waals surface area contributed by atoms with Crippen molar-refractivity contribution >= 4 is 18.1 Å². The molecule has 7 heteroatoms. The summed E-state index contributed by atoms with van der Waals surface area (Å²) >= 11 is 0. The largest absolute Gasteiger partial charge is 0.494 e. The molecule has 0 aliphatic carbocycles. The van der Waals surface area contributed by atoms with E-state index in [2.05, 4.69) is 17.1 Å². The van der Waals surface area contributed by atoms with Gasteiger partial charge in [-0.05, 0) is 12.1 Å². The molecule has 0 radical (unpaired) electrons. The summed E-state index contributed by atoms with van der Waals surface area (Å²) in [6.07, 6.45) is 0. The van der Waals surface area contributed by atoms with E-state index in [0.29, 0.717) is 5.69 Å². The van der Waals surface area contributed by atoms with Crippen molar-refractivity contribution in [2.75, 3.05) is 12.5 Å². The fraction of sp³-hybridized carbons (Fsp3) is 0.143. The van der Waals surface area contributed by atoms with Crippen LogP contribution in [0.4, 0.5) is 10.1 Å². The van der Waals surface area contributed by atoms with Crippen molar-refractivity contribution in [2.24, 2.45) is 17.5 Å². The Morgan fingerprint density at radius 2 is 1.93 bits per heavy atom. The number of methoxy groups -OCH3 is 1. The molecule has 0 heterocycles. The van der Waals surface area contributed by atoms with Crippen LogP contribution in [0.2, 0.25) is 0 Å². The van der Waals surface area contributed by atoms with Gasteiger partial charge in [-0.2, -0.15) is 0 Å². The summed E-state index contributed by atoms with van der Waals surface area (Å²) in [5.41, 5.74) is 3.00. The van der Waals surface area contributed by atoms with E-state index in [0.717, 1.165) is 0 Å². The topological polar surface area (TPSA) is 99.3 Å². The third-order valence-electron chi connectivity index (χ3n) is 1.32. The van der Waals surface area contributed by atoms with Crippen LogP contribution in [0.5, 0.6) is 5.75 Å². The average Bonchev–Trinajstić information content (AvgIpc) is 2.22. The molecule has 82 valence electrons. The van der Waals surface area contributed by atoms with E-state index >= 15 is 0 Å². The molecular weight excluding hydrogens is 211 g/mol. The van der Waals surface area contributed by atoms with Gasteiger partial charge in [-0.3, -0.25) is 17.5 Å². The van der Waals surface area contributed by atoms with Crippen molar-refractivity contribution in [3.8, 4) is 5.75 Å². The second-order valence-corrected chi connectivity index (χ2v) is 1.99. The van der Waals surface area contributed by atoms with Crippen LogP contribution >= 0.6 is 12.4 Å². The molecule has 0 atom stereocenters. The van der Waals surface area contributed by atoms with Gasteiger partial charge in [-0.15, -0.1) is 12.4 Å². The number of hydrogen-bond donors (Lipinski definition) is 4. The molecule has 1 aromatic carbocycles. The smallest absolute Gasteiger partial charge is 0.165 e. The maximum absolute atomic E-state index is 12.7. The molecule has 1 rings (SSSR count). The van der Waals surface area contributed by atoms with Crippen LogP contribution < -0.4 is 27.7 Å². The number of nitrogen functional groups attached to an aromatic ring is 1. The Morgan fingerprint density at radius 1 is 1.36 bits per heavy atom. The van der Waals surface area contributed by atoms with E-state index in [4.69, 9.17) is 10.6 Å². The molecule has 5 nitrogen and oxygen atoms in total. The zero-order valence-corrected chi connectivity index (χ0v) is 8.48. The first kappa shape index (κ1) is 15.4. The third-order valence-corrected chi connectivity index (χ3v) is 1.32. The minimum atomic E-state index is -0.397. The standard InChI is InChI=1S/C7H9FN2O.ClH.H4N2/c1-11-7-4-5(10-9)2-3-6(7)8;;1-2/h2-4,10H,9H2,1H3;1H;1-2H2. The van der Waals surface area contributed by atoms with Crippen LogP contribution in [-0.2, 0) is 0 Å². The van der Waals surface area contributed by atoms with E-state index in [-0.39, 0.29) is 18.2 Å². The lowest BCUT2D eigenvalue weighted by molar-refractivity contribution is 0.387. The molecule has 0 saturated carbocycles. The summed E-state index contributed by atoms with van der Waals surface area (Å²) in [6.45, 7) is 0. The zero-order valence-electron chi connectivity index (χ0n) is 7.66. The van der Waals surface area contributed by atoms with E-state index in [9.17, 15) is 4.39 Å². The lowest BCUT2D eigenvalue weighted by Gasteiger charge is -2.03. The maximum Gasteiger partial charge on any atom is 0.165 e. The van der Waals surface area contributed by atoms with Gasteiger partial charge in [0.1, 0.15) is 0 Å². The highest BCUT2D eigenvalue weighted by molar-refractivity contribution is 5.85. The molecule has 1 aromatic rings. The van der Waals surface area contributed by atoms with Gasteiger partial charge in [0, 0.05) is 6.07 Å². The average molecular weight is 225 g/mol. The summed E-state index contributed by atoms with van der Waals surface area (Å²) in [4.78, 5) is 0. The van der Waals surface area contributed by atoms with E-state index < -0.39 is 5.82 Å². The van der Waals surface area contributed by atoms with E-state index in [1.807, 2.05) is 0 Å². The number of hydrazine groups is 2. The zero-order chi connectivity index (χ0) is 10.3. The van der Waals surface area contributed by atoms with Gasteiger partial charge in [0.15, 0.2) is 11.6 Å². The molecule has 0 saturated heterocycles. The maximum atomic E-state index is 12.7. The lowest BCUT2D eigenvalue weighted by Crippen LogP contribution is -2.06. The number of ether oxygens (including phenoxy) is 1. The number of anilines is 1. The van der Waals surface area contributed by atoms with Crippen molar-refractivity contribution in [2.45, 2.75) is 0 Å². The first-order valence-corrected chi connectivity index (χ1v) is 3.41. The van der Waals surface area contributed by atoms with Crippen molar-refractivity contribution in [1.82, 2.24) is 0 Å². The van der Waals surface area contributed by atoms with Gasteiger partial charge in [-0.25, -0.2) is 4.39 Å². The van der Waals surface area contributed by atoms with Gasteiger partial charge in [-0.1, -0.05) is 0 Å². The first-order valence-electron chi connectivity index (χ1n) is 3.41. The van der Waals surface area contributed by atoms with Crippen LogP contribution in [0.15, 0.2) is 18.2 Å². The Kier molecular flexibility index (Phi) is 9.36. The minimum Gasteiger partial charge on any atom is -0.494 e. The molecule has 7 N–H and O–H groups in total. The van der Waals surface area contributed by atoms with Gasteiger partial charge in [0.2, 0.25) is 0 Å². The van der Waals surface area contributed by atoms with E-state index in [1.54, 1.807) is 0 Å². The van der Waals surface area contributed by atoms with Crippen molar-refractivity contribution in [3.63, 3.8) is 0 Å². The Balaban J connectivity index is 0. The molecule has 0 aliphatic rings. The number of rotatable bonds is 2. The Morgan fingerprint density at radius 3 is 2.36 bits per heavy atom. The second kappa shape index (κ2) is 8.52. The summed E-state index contributed by atoms with van der Waals surface area (Å²) in [5, 5.41) is 0. The summed E-state index contributed by atoms with van der Waals surface area (Å²) in [6, 6.07) is 4.29. The molecular formula is C7H14ClFN4O. The molecule has 0 unspecified atom stereocenters. The van der Waals surface area contributed by atoms with Crippen molar-refractivity contribution in [3.05, 3.63) is 24.0 Å². The highest BCUT2D eigenvalue weighted by Crippen LogP contribution is 2.20. The third kappa shape index (κ3) is 4.24. The summed E-state index contributed by atoms with van der Waals surface area (Å²) in [7, 11) is 1.40. The Hall–Kier alpha value is -1.08. The minimum absolute atomic E-state index is 0. The number of benzene rings is 1. The van der Waals surface area contributed by atoms with Crippen LogP contribution in [0.3, 0.4) is 0 Å². The predicted octanol–water partition coefficient (Wildman–Crippen LogP) is 0.361. The Labute approximate surface area is 87.7 Å². The van der Waals surface area contributed by atoms with Crippen molar-refractivity contribution in [1.29, 1.82) is 0 Å². The second-order valence-electron chi connectivity index (χ2n) is 1.99. The highest BCUT2D eigenvalue weighted by Gasteiger charge is 2.01. The predicted molar refractivity (Wildman–Crippen MR) is 56.4 cm³/mol. The summed E-state index contributed by atoms with van der Waals surface area (Å²) < 4.78 is 17.4. The van der Waals surface area contributed by atoms with Crippen LogP contribution in [0.25, 0.3) is 0 Å². The fourth-order valence-corrected chi connectivity index (χ4v) is 0.750. The molecule has 0 aromatic heterocycles. The first-order chi connectivity index (χ1) is 6.27. The van der Waals surface area contributed by atoms with Crippen molar-refractivity contribution < 1.29 is 9.13 Å². The number of nitrogens with two attached hydrogens (primary N) is 3. The van der Waals surface area contributed by atoms with Gasteiger partial charge in [0.25, 0.3) is 0 Å². The van der Waals surface area contributed by atoms with Gasteiger partial charge in [0.05, 0.1) is 12.8 Å². The number of halogens is 2.